The van der Waals surface area contributed by atoms with Crippen LogP contribution in [-0.4, -0.2) is 21.6 Å². The van der Waals surface area contributed by atoms with Gasteiger partial charge in [0.2, 0.25) is 5.91 Å². The fraction of sp³-hybridized carbons (Fsp3) is 0.143. The lowest BCUT2D eigenvalue weighted by molar-refractivity contribution is -0.113. The summed E-state index contributed by atoms with van der Waals surface area (Å²) in [5, 5.41) is 12.4. The molecule has 1 aromatic carbocycles. The summed E-state index contributed by atoms with van der Waals surface area (Å²) in [4.78, 5) is 19.9. The standard InChI is InChI=1S/C14H12ClN5OS/c1-8-2-3-10(15)4-11(8)19-12(21)7-22-14-18-6-9(5-16)13(17)20-14/h2-4,6H,7H2,1H3,(H,19,21)(H2,17,18,20). The van der Waals surface area contributed by atoms with Gasteiger partial charge in [-0.25, -0.2) is 9.97 Å². The Morgan fingerprint density at radius 2 is 2.32 bits per heavy atom. The molecular formula is C14H12ClN5OS. The van der Waals surface area contributed by atoms with Gasteiger partial charge in [-0.2, -0.15) is 5.26 Å². The first-order valence-corrected chi connectivity index (χ1v) is 7.57. The van der Waals surface area contributed by atoms with Crippen LogP contribution in [0.2, 0.25) is 5.02 Å². The fourth-order valence-corrected chi connectivity index (χ4v) is 2.37. The largest absolute Gasteiger partial charge is 0.382 e. The number of aryl methyl sites for hydroxylation is 1. The molecule has 112 valence electrons. The van der Waals surface area contributed by atoms with Crippen LogP contribution in [-0.2, 0) is 4.79 Å². The molecule has 22 heavy (non-hydrogen) atoms. The number of carbonyl (C=O) groups excluding carboxylic acids is 1. The second-order valence-electron chi connectivity index (χ2n) is 4.36. The van der Waals surface area contributed by atoms with Crippen molar-refractivity contribution in [3.8, 4) is 6.07 Å². The Kier molecular flexibility index (Phi) is 5.20. The number of benzene rings is 1. The SMILES string of the molecule is Cc1ccc(Cl)cc1NC(=O)CSc1ncc(C#N)c(N)n1. The smallest absolute Gasteiger partial charge is 0.234 e. The van der Waals surface area contributed by atoms with Gasteiger partial charge in [0, 0.05) is 10.7 Å². The predicted molar refractivity (Wildman–Crippen MR) is 86.7 cm³/mol. The molecule has 0 radical (unpaired) electrons. The lowest BCUT2D eigenvalue weighted by atomic mass is 10.2. The number of carbonyl (C=O) groups is 1. The Morgan fingerprint density at radius 1 is 1.55 bits per heavy atom. The maximum atomic E-state index is 11.9. The number of nitrogens with two attached hydrogens (primary N) is 1. The first kappa shape index (κ1) is 16.1. The van der Waals surface area contributed by atoms with Crippen LogP contribution in [0.4, 0.5) is 11.5 Å². The monoisotopic (exact) mass is 333 g/mol. The Morgan fingerprint density at radius 3 is 3.00 bits per heavy atom. The molecule has 2 aromatic rings. The highest BCUT2D eigenvalue weighted by Gasteiger charge is 2.09. The molecule has 8 heteroatoms. The highest BCUT2D eigenvalue weighted by atomic mass is 35.5. The highest BCUT2D eigenvalue weighted by Crippen LogP contribution is 2.21. The summed E-state index contributed by atoms with van der Waals surface area (Å²) < 4.78 is 0. The van der Waals surface area contributed by atoms with Gasteiger partial charge in [0.15, 0.2) is 5.16 Å². The van der Waals surface area contributed by atoms with Crippen molar-refractivity contribution in [3.63, 3.8) is 0 Å². The molecule has 0 aliphatic carbocycles. The number of amides is 1. The maximum Gasteiger partial charge on any atom is 0.234 e. The summed E-state index contributed by atoms with van der Waals surface area (Å²) in [7, 11) is 0. The van der Waals surface area contributed by atoms with Gasteiger partial charge in [0.05, 0.1) is 11.9 Å². The number of halogens is 1. The number of hydrogen-bond donors (Lipinski definition) is 2. The van der Waals surface area contributed by atoms with E-state index >= 15 is 0 Å². The molecule has 0 aliphatic heterocycles. The Hall–Kier alpha value is -2.30. The average molecular weight is 334 g/mol. The normalized spacial score (nSPS) is 10.0. The van der Waals surface area contributed by atoms with Gasteiger partial charge in [-0.05, 0) is 24.6 Å². The molecule has 0 saturated carbocycles. The van der Waals surface area contributed by atoms with Crippen molar-refractivity contribution < 1.29 is 4.79 Å². The van der Waals surface area contributed by atoms with E-state index in [0.717, 1.165) is 17.3 Å². The number of nitrogen functional groups attached to an aromatic ring is 1. The molecule has 0 spiro atoms. The summed E-state index contributed by atoms with van der Waals surface area (Å²) in [5.74, 6) is 0.0186. The molecule has 3 N–H and O–H groups in total. The van der Waals surface area contributed by atoms with Gasteiger partial charge in [-0.3, -0.25) is 4.79 Å². The van der Waals surface area contributed by atoms with Crippen LogP contribution in [0.25, 0.3) is 0 Å². The van der Waals surface area contributed by atoms with Crippen LogP contribution in [0.1, 0.15) is 11.1 Å². The van der Waals surface area contributed by atoms with Gasteiger partial charge in [-0.1, -0.05) is 29.4 Å². The molecular weight excluding hydrogens is 322 g/mol. The second kappa shape index (κ2) is 7.11. The van der Waals surface area contributed by atoms with Crippen molar-refractivity contribution in [2.45, 2.75) is 12.1 Å². The number of nitriles is 1. The Balaban J connectivity index is 1.97. The molecule has 1 heterocycles. The van der Waals surface area contributed by atoms with E-state index in [0.29, 0.717) is 15.9 Å². The van der Waals surface area contributed by atoms with Crippen molar-refractivity contribution in [1.29, 1.82) is 5.26 Å². The third-order valence-electron chi connectivity index (χ3n) is 2.72. The fourth-order valence-electron chi connectivity index (χ4n) is 1.58. The van der Waals surface area contributed by atoms with Crippen LogP contribution in [0.3, 0.4) is 0 Å². The van der Waals surface area contributed by atoms with Gasteiger partial charge in [-0.15, -0.1) is 0 Å². The number of anilines is 2. The van der Waals surface area contributed by atoms with Crippen molar-refractivity contribution in [2.75, 3.05) is 16.8 Å². The third-order valence-corrected chi connectivity index (χ3v) is 3.82. The van der Waals surface area contributed by atoms with Crippen molar-refractivity contribution in [3.05, 3.63) is 40.5 Å². The number of rotatable bonds is 4. The number of nitrogens with one attached hydrogen (secondary N) is 1. The van der Waals surface area contributed by atoms with E-state index in [-0.39, 0.29) is 23.0 Å². The van der Waals surface area contributed by atoms with Crippen molar-refractivity contribution >= 4 is 40.8 Å². The highest BCUT2D eigenvalue weighted by molar-refractivity contribution is 7.99. The van der Waals surface area contributed by atoms with Crippen LogP contribution in [0.15, 0.2) is 29.6 Å². The zero-order chi connectivity index (χ0) is 16.1. The van der Waals surface area contributed by atoms with Crippen LogP contribution >= 0.6 is 23.4 Å². The molecule has 1 amide bonds. The predicted octanol–water partition coefficient (Wildman–Crippen LogP) is 2.62. The first-order chi connectivity index (χ1) is 10.5. The lowest BCUT2D eigenvalue weighted by Gasteiger charge is -2.08. The zero-order valence-corrected chi connectivity index (χ0v) is 13.2. The van der Waals surface area contributed by atoms with E-state index in [1.54, 1.807) is 12.1 Å². The molecule has 0 atom stereocenters. The maximum absolute atomic E-state index is 11.9. The molecule has 0 aliphatic rings. The van der Waals surface area contributed by atoms with Crippen LogP contribution in [0, 0.1) is 18.3 Å². The van der Waals surface area contributed by atoms with Gasteiger partial charge in [0.1, 0.15) is 17.5 Å². The minimum atomic E-state index is -0.207. The zero-order valence-electron chi connectivity index (χ0n) is 11.6. The van der Waals surface area contributed by atoms with Crippen molar-refractivity contribution in [1.82, 2.24) is 9.97 Å². The first-order valence-electron chi connectivity index (χ1n) is 6.21. The Bertz CT molecular complexity index is 759. The topological polar surface area (TPSA) is 105 Å². The molecule has 0 fully saturated rings. The summed E-state index contributed by atoms with van der Waals surface area (Å²) in [5.41, 5.74) is 7.39. The molecule has 6 nitrogen and oxygen atoms in total. The van der Waals surface area contributed by atoms with Crippen LogP contribution < -0.4 is 11.1 Å². The third kappa shape index (κ3) is 4.10. The van der Waals surface area contributed by atoms with E-state index in [1.165, 1.54) is 6.20 Å². The summed E-state index contributed by atoms with van der Waals surface area (Å²) in [6.45, 7) is 1.88. The summed E-state index contributed by atoms with van der Waals surface area (Å²) in [6, 6.07) is 7.16. The molecule has 2 rings (SSSR count). The van der Waals surface area contributed by atoms with Gasteiger partial charge >= 0.3 is 0 Å². The lowest BCUT2D eigenvalue weighted by Crippen LogP contribution is -2.15. The van der Waals surface area contributed by atoms with Gasteiger partial charge < -0.3 is 11.1 Å². The minimum absolute atomic E-state index is 0.103. The summed E-state index contributed by atoms with van der Waals surface area (Å²) >= 11 is 7.04. The van der Waals surface area contributed by atoms with Crippen molar-refractivity contribution in [2.24, 2.45) is 0 Å². The summed E-state index contributed by atoms with van der Waals surface area (Å²) in [6.07, 6.45) is 1.34. The van der Waals surface area contributed by atoms with E-state index in [1.807, 2.05) is 19.1 Å². The number of hydrogen-bond acceptors (Lipinski definition) is 6. The second-order valence-corrected chi connectivity index (χ2v) is 5.74. The van der Waals surface area contributed by atoms with E-state index < -0.39 is 0 Å². The Labute approximate surface area is 136 Å². The molecule has 0 saturated heterocycles. The molecule has 0 unspecified atom stereocenters. The quantitative estimate of drug-likeness (QED) is 0.658. The van der Waals surface area contributed by atoms with Crippen LogP contribution in [0.5, 0.6) is 0 Å². The molecule has 0 bridgehead atoms. The van der Waals surface area contributed by atoms with E-state index in [4.69, 9.17) is 22.6 Å². The van der Waals surface area contributed by atoms with E-state index in [2.05, 4.69) is 15.3 Å². The minimum Gasteiger partial charge on any atom is -0.382 e. The number of thioether (sulfide) groups is 1. The van der Waals surface area contributed by atoms with Gasteiger partial charge in [0.25, 0.3) is 0 Å². The average Bonchev–Trinajstić information content (AvgIpc) is 2.49. The number of nitrogens with zero attached hydrogens (tertiary/aromatic N) is 3. The van der Waals surface area contributed by atoms with E-state index in [9.17, 15) is 4.79 Å². The molecule has 1 aromatic heterocycles. The number of aromatic nitrogens is 2.